The maximum atomic E-state index is 14.0. The molecule has 2 aliphatic heterocycles. The Morgan fingerprint density at radius 3 is 3.11 bits per heavy atom. The fourth-order valence-electron chi connectivity index (χ4n) is 2.58. The maximum Gasteiger partial charge on any atom is 0.148 e. The Morgan fingerprint density at radius 2 is 2.37 bits per heavy atom. The first-order chi connectivity index (χ1) is 9.24. The van der Waals surface area contributed by atoms with E-state index in [9.17, 15) is 4.39 Å². The van der Waals surface area contributed by atoms with Gasteiger partial charge in [0.2, 0.25) is 0 Å². The lowest BCUT2D eigenvalue weighted by Crippen LogP contribution is -2.31. The van der Waals surface area contributed by atoms with Crippen molar-refractivity contribution in [1.29, 1.82) is 0 Å². The largest absolute Gasteiger partial charge is 0.316 e. The molecule has 19 heavy (non-hydrogen) atoms. The summed E-state index contributed by atoms with van der Waals surface area (Å²) < 4.78 is 14.8. The summed E-state index contributed by atoms with van der Waals surface area (Å²) in [5, 5.41) is 7.65. The predicted octanol–water partition coefficient (Wildman–Crippen LogP) is 2.27. The number of hydrazone groups is 1. The van der Waals surface area contributed by atoms with E-state index in [1.165, 1.54) is 6.07 Å². The Bertz CT molecular complexity index is 499. The van der Waals surface area contributed by atoms with Gasteiger partial charge in [-0.3, -0.25) is 5.43 Å². The van der Waals surface area contributed by atoms with Crippen LogP contribution in [0.1, 0.15) is 12.8 Å². The molecule has 0 aliphatic carbocycles. The van der Waals surface area contributed by atoms with Crippen LogP contribution in [0, 0.1) is 11.7 Å². The molecular weight excluding hydrogens is 311 g/mol. The van der Waals surface area contributed by atoms with Gasteiger partial charge in [0.15, 0.2) is 0 Å². The van der Waals surface area contributed by atoms with E-state index in [-0.39, 0.29) is 5.82 Å². The minimum absolute atomic E-state index is 0.227. The van der Waals surface area contributed by atoms with Crippen LogP contribution in [0.25, 0.3) is 0 Å². The number of nitrogens with zero attached hydrogens (tertiary/aromatic N) is 2. The molecule has 3 rings (SSSR count). The van der Waals surface area contributed by atoms with Crippen LogP contribution < -0.4 is 15.6 Å². The molecule has 2 N–H and O–H groups in total. The van der Waals surface area contributed by atoms with E-state index in [4.69, 9.17) is 0 Å². The van der Waals surface area contributed by atoms with Gasteiger partial charge in [-0.1, -0.05) is 15.9 Å². The highest BCUT2D eigenvalue weighted by Gasteiger charge is 2.25. The quantitative estimate of drug-likeness (QED) is 0.895. The first-order valence-corrected chi connectivity index (χ1v) is 7.26. The third-order valence-corrected chi connectivity index (χ3v) is 4.08. The van der Waals surface area contributed by atoms with Crippen molar-refractivity contribution >= 4 is 27.5 Å². The molecule has 1 aromatic carbocycles. The average Bonchev–Trinajstić information content (AvgIpc) is 3.02. The molecule has 2 heterocycles. The van der Waals surface area contributed by atoms with Crippen LogP contribution in [0.4, 0.5) is 10.1 Å². The number of halogens is 2. The van der Waals surface area contributed by atoms with Gasteiger partial charge in [-0.15, -0.1) is 0 Å². The second-order valence-electron chi connectivity index (χ2n) is 4.93. The average molecular weight is 327 g/mol. The zero-order chi connectivity index (χ0) is 13.2. The Labute approximate surface area is 120 Å². The van der Waals surface area contributed by atoms with Crippen LogP contribution in [-0.4, -0.2) is 25.6 Å². The molecule has 0 saturated carbocycles. The van der Waals surface area contributed by atoms with Crippen molar-refractivity contribution in [2.45, 2.75) is 12.8 Å². The molecular formula is C13H16BrFN4. The normalized spacial score (nSPS) is 22.5. The lowest BCUT2D eigenvalue weighted by atomic mass is 10.0. The number of amidine groups is 1. The zero-order valence-corrected chi connectivity index (χ0v) is 12.1. The number of hydrogen-bond donors (Lipinski definition) is 2. The molecule has 0 aromatic heterocycles. The van der Waals surface area contributed by atoms with E-state index in [0.717, 1.165) is 36.2 Å². The van der Waals surface area contributed by atoms with Crippen LogP contribution in [-0.2, 0) is 0 Å². The highest BCUT2D eigenvalue weighted by Crippen LogP contribution is 2.26. The number of nitrogens with one attached hydrogen (secondary N) is 2. The van der Waals surface area contributed by atoms with E-state index < -0.39 is 0 Å². The molecule has 102 valence electrons. The molecule has 4 nitrogen and oxygen atoms in total. The number of rotatable bonds is 3. The van der Waals surface area contributed by atoms with Crippen molar-refractivity contribution < 1.29 is 4.39 Å². The monoisotopic (exact) mass is 326 g/mol. The molecule has 1 atom stereocenters. The summed E-state index contributed by atoms with van der Waals surface area (Å²) in [4.78, 5) is 1.92. The van der Waals surface area contributed by atoms with E-state index in [1.807, 2.05) is 11.0 Å². The summed E-state index contributed by atoms with van der Waals surface area (Å²) >= 11 is 3.28. The summed E-state index contributed by atoms with van der Waals surface area (Å²) in [7, 11) is 0. The minimum atomic E-state index is -0.227. The first-order valence-electron chi connectivity index (χ1n) is 6.47. The molecule has 0 unspecified atom stereocenters. The van der Waals surface area contributed by atoms with Crippen molar-refractivity contribution in [2.75, 3.05) is 24.7 Å². The molecule has 0 spiro atoms. The van der Waals surface area contributed by atoms with Gasteiger partial charge in [0.25, 0.3) is 0 Å². The fraction of sp³-hybridized carbons (Fsp3) is 0.462. The minimum Gasteiger partial charge on any atom is -0.316 e. The predicted molar refractivity (Wildman–Crippen MR) is 77.6 cm³/mol. The first kappa shape index (κ1) is 12.9. The van der Waals surface area contributed by atoms with Gasteiger partial charge in [0.1, 0.15) is 18.3 Å². The number of anilines is 1. The molecule has 0 amide bonds. The van der Waals surface area contributed by atoms with Crippen LogP contribution in [0.15, 0.2) is 27.8 Å². The summed E-state index contributed by atoms with van der Waals surface area (Å²) in [5.74, 6) is 1.30. The van der Waals surface area contributed by atoms with Crippen molar-refractivity contribution in [1.82, 2.24) is 10.7 Å². The third kappa shape index (κ3) is 2.74. The fourth-order valence-corrected chi connectivity index (χ4v) is 2.91. The van der Waals surface area contributed by atoms with Crippen molar-refractivity contribution in [3.63, 3.8) is 0 Å². The van der Waals surface area contributed by atoms with Gasteiger partial charge in [0, 0.05) is 10.9 Å². The zero-order valence-electron chi connectivity index (χ0n) is 10.5. The van der Waals surface area contributed by atoms with Gasteiger partial charge in [-0.05, 0) is 43.6 Å². The van der Waals surface area contributed by atoms with Crippen LogP contribution >= 0.6 is 15.9 Å². The van der Waals surface area contributed by atoms with E-state index in [2.05, 4.69) is 31.8 Å². The van der Waals surface area contributed by atoms with Gasteiger partial charge < -0.3 is 10.2 Å². The Kier molecular flexibility index (Phi) is 3.70. The second kappa shape index (κ2) is 5.46. The second-order valence-corrected chi connectivity index (χ2v) is 5.85. The maximum absolute atomic E-state index is 14.0. The number of benzene rings is 1. The molecule has 0 radical (unpaired) electrons. The molecule has 1 aromatic rings. The van der Waals surface area contributed by atoms with Gasteiger partial charge >= 0.3 is 0 Å². The summed E-state index contributed by atoms with van der Waals surface area (Å²) in [5.41, 5.74) is 3.53. The molecule has 2 aliphatic rings. The van der Waals surface area contributed by atoms with Crippen LogP contribution in [0.3, 0.4) is 0 Å². The topological polar surface area (TPSA) is 39.7 Å². The van der Waals surface area contributed by atoms with Crippen LogP contribution in [0.5, 0.6) is 0 Å². The Balaban J connectivity index is 1.77. The van der Waals surface area contributed by atoms with Crippen LogP contribution in [0.2, 0.25) is 0 Å². The van der Waals surface area contributed by atoms with E-state index >= 15 is 0 Å². The summed E-state index contributed by atoms with van der Waals surface area (Å²) in [6, 6.07) is 5.13. The molecule has 0 bridgehead atoms. The summed E-state index contributed by atoms with van der Waals surface area (Å²) in [6.07, 6.45) is 2.05. The highest BCUT2D eigenvalue weighted by molar-refractivity contribution is 9.10. The standard InChI is InChI=1S/C13H16BrFN4/c14-10-1-2-12(11(15)6-10)19-8-17-18-13(19)5-9-3-4-16-7-9/h1-2,6,9,16-17H,3-5,7-8H2/t9-/m0/s1. The lowest BCUT2D eigenvalue weighted by molar-refractivity contribution is 0.603. The van der Waals surface area contributed by atoms with Crippen molar-refractivity contribution in [3.8, 4) is 0 Å². The molecule has 1 saturated heterocycles. The SMILES string of the molecule is Fc1cc(Br)ccc1N1CNN=C1C[C@@H]1CCNC1. The van der Waals surface area contributed by atoms with Gasteiger partial charge in [-0.25, -0.2) is 4.39 Å². The lowest BCUT2D eigenvalue weighted by Gasteiger charge is -2.21. The summed E-state index contributed by atoms with van der Waals surface area (Å²) in [6.45, 7) is 2.63. The van der Waals surface area contributed by atoms with Crippen molar-refractivity contribution in [3.05, 3.63) is 28.5 Å². The smallest absolute Gasteiger partial charge is 0.148 e. The third-order valence-electron chi connectivity index (χ3n) is 3.58. The molecule has 6 heteroatoms. The molecule has 1 fully saturated rings. The van der Waals surface area contributed by atoms with E-state index in [1.54, 1.807) is 6.07 Å². The Hall–Kier alpha value is -1.14. The van der Waals surface area contributed by atoms with Gasteiger partial charge in [-0.2, -0.15) is 5.10 Å². The number of hydrogen-bond acceptors (Lipinski definition) is 4. The van der Waals surface area contributed by atoms with Gasteiger partial charge in [0.05, 0.1) is 5.69 Å². The highest BCUT2D eigenvalue weighted by atomic mass is 79.9. The van der Waals surface area contributed by atoms with Crippen molar-refractivity contribution in [2.24, 2.45) is 11.0 Å². The van der Waals surface area contributed by atoms with E-state index in [0.29, 0.717) is 18.3 Å². The Morgan fingerprint density at radius 1 is 1.47 bits per heavy atom.